The summed E-state index contributed by atoms with van der Waals surface area (Å²) in [6.45, 7) is 0. The maximum absolute atomic E-state index is 11.7. The second kappa shape index (κ2) is 7.51. The van der Waals surface area contributed by atoms with Gasteiger partial charge in [-0.25, -0.2) is 9.78 Å². The van der Waals surface area contributed by atoms with Gasteiger partial charge in [-0.2, -0.15) is 5.26 Å². The van der Waals surface area contributed by atoms with Crippen LogP contribution in [-0.4, -0.2) is 18.1 Å². The lowest BCUT2D eigenvalue weighted by Crippen LogP contribution is -2.00. The van der Waals surface area contributed by atoms with Gasteiger partial charge in [-0.15, -0.1) is 11.3 Å². The molecule has 0 fully saturated rings. The van der Waals surface area contributed by atoms with Crippen molar-refractivity contribution in [2.24, 2.45) is 0 Å². The van der Waals surface area contributed by atoms with Crippen LogP contribution in [0.25, 0.3) is 33.2 Å². The van der Waals surface area contributed by atoms with Gasteiger partial charge in [0.05, 0.1) is 28.5 Å². The minimum Gasteiger partial charge on any atom is -0.465 e. The molecule has 4 rings (SSSR count). The maximum atomic E-state index is 11.7. The normalized spacial score (nSPS) is 11.4. The van der Waals surface area contributed by atoms with E-state index in [0.29, 0.717) is 27.7 Å². The molecule has 4 aromatic rings. The number of allylic oxidation sites excluding steroid dienone is 1. The molecule has 2 aromatic heterocycles. The van der Waals surface area contributed by atoms with Crippen LogP contribution in [-0.2, 0) is 4.74 Å². The molecule has 0 spiro atoms. The van der Waals surface area contributed by atoms with Crippen LogP contribution in [0.1, 0.15) is 21.1 Å². The molecule has 0 saturated heterocycles. The van der Waals surface area contributed by atoms with Crippen molar-refractivity contribution in [3.63, 3.8) is 0 Å². The topological polar surface area (TPSA) is 76.1 Å². The Kier molecular flexibility index (Phi) is 4.75. The Morgan fingerprint density at radius 1 is 1.18 bits per heavy atom. The van der Waals surface area contributed by atoms with Crippen LogP contribution >= 0.6 is 11.3 Å². The predicted octanol–water partition coefficient (Wildman–Crippen LogP) is 5.41. The van der Waals surface area contributed by atoms with Crippen molar-refractivity contribution in [2.45, 2.75) is 0 Å². The number of carbonyl (C=O) groups is 1. The molecular formula is C22H14N2O3S. The summed E-state index contributed by atoms with van der Waals surface area (Å²) in [6.07, 6.45) is 1.67. The molecule has 0 radical (unpaired) electrons. The number of carbonyl (C=O) groups excluding carboxylic acids is 1. The van der Waals surface area contributed by atoms with E-state index >= 15 is 0 Å². The average Bonchev–Trinajstić information content (AvgIpc) is 3.38. The third kappa shape index (κ3) is 3.43. The average molecular weight is 386 g/mol. The molecule has 2 heterocycles. The van der Waals surface area contributed by atoms with E-state index in [1.807, 2.05) is 30.3 Å². The first-order valence-electron chi connectivity index (χ1n) is 8.44. The third-order valence-corrected chi connectivity index (χ3v) is 5.20. The zero-order valence-electron chi connectivity index (χ0n) is 14.9. The van der Waals surface area contributed by atoms with Crippen LogP contribution in [0.4, 0.5) is 0 Å². The number of aromatic nitrogens is 1. The summed E-state index contributed by atoms with van der Waals surface area (Å²) in [4.78, 5) is 16.2. The first-order valence-corrected chi connectivity index (χ1v) is 9.26. The van der Waals surface area contributed by atoms with Crippen LogP contribution in [0, 0.1) is 11.3 Å². The third-order valence-electron chi connectivity index (χ3n) is 4.13. The van der Waals surface area contributed by atoms with E-state index in [2.05, 4.69) is 11.1 Å². The van der Waals surface area contributed by atoms with E-state index in [0.717, 1.165) is 15.8 Å². The molecule has 0 aliphatic heterocycles. The Labute approximate surface area is 165 Å². The summed E-state index contributed by atoms with van der Waals surface area (Å²) in [5.74, 6) is 0.726. The molecule has 0 unspecified atom stereocenters. The molecule has 5 nitrogen and oxygen atoms in total. The lowest BCUT2D eigenvalue weighted by molar-refractivity contribution is 0.0601. The van der Waals surface area contributed by atoms with Crippen LogP contribution in [0.15, 0.2) is 65.1 Å². The Bertz CT molecular complexity index is 1210. The number of hydrogen-bond acceptors (Lipinski definition) is 6. The first kappa shape index (κ1) is 17.7. The molecule has 28 heavy (non-hydrogen) atoms. The number of esters is 1. The molecule has 0 atom stereocenters. The monoisotopic (exact) mass is 386 g/mol. The van der Waals surface area contributed by atoms with E-state index in [4.69, 9.17) is 9.15 Å². The molecule has 0 aliphatic carbocycles. The van der Waals surface area contributed by atoms with Crippen LogP contribution in [0.5, 0.6) is 0 Å². The number of nitrogens with zero attached hydrogens (tertiary/aromatic N) is 2. The number of para-hydroxylation sites is 1. The summed E-state index contributed by atoms with van der Waals surface area (Å²) < 4.78 is 11.6. The summed E-state index contributed by atoms with van der Waals surface area (Å²) in [7, 11) is 1.34. The van der Waals surface area contributed by atoms with Gasteiger partial charge >= 0.3 is 5.97 Å². The molecule has 0 aliphatic rings. The number of methoxy groups -OCH3 is 1. The number of ether oxygens (including phenoxy) is 1. The summed E-state index contributed by atoms with van der Waals surface area (Å²) in [5, 5.41) is 10.2. The number of fused-ring (bicyclic) bond motifs is 1. The number of hydrogen-bond donors (Lipinski definition) is 0. The zero-order chi connectivity index (χ0) is 19.5. The zero-order valence-corrected chi connectivity index (χ0v) is 15.7. The lowest BCUT2D eigenvalue weighted by atomic mass is 10.1. The van der Waals surface area contributed by atoms with Crippen molar-refractivity contribution in [3.8, 4) is 17.4 Å². The highest BCUT2D eigenvalue weighted by Gasteiger charge is 2.12. The van der Waals surface area contributed by atoms with Crippen molar-refractivity contribution in [1.82, 2.24) is 4.98 Å². The van der Waals surface area contributed by atoms with E-state index in [-0.39, 0.29) is 0 Å². The highest BCUT2D eigenvalue weighted by molar-refractivity contribution is 7.19. The smallest absolute Gasteiger partial charge is 0.337 e. The fraction of sp³-hybridized carbons (Fsp3) is 0.0455. The Morgan fingerprint density at radius 3 is 2.82 bits per heavy atom. The molecule has 6 heteroatoms. The molecular weight excluding hydrogens is 372 g/mol. The van der Waals surface area contributed by atoms with Crippen molar-refractivity contribution in [2.75, 3.05) is 7.11 Å². The van der Waals surface area contributed by atoms with E-state index in [9.17, 15) is 10.1 Å². The Balaban J connectivity index is 1.66. The SMILES string of the molecule is COC(=O)c1cccc(-c2ccc(/C=C(/C#N)c3nc4ccccc4s3)o2)c1. The van der Waals surface area contributed by atoms with Crippen molar-refractivity contribution >= 4 is 39.2 Å². The highest BCUT2D eigenvalue weighted by Crippen LogP contribution is 2.29. The quantitative estimate of drug-likeness (QED) is 0.346. The minimum atomic E-state index is -0.406. The first-order chi connectivity index (χ1) is 13.7. The second-order valence-electron chi connectivity index (χ2n) is 5.93. The number of furan rings is 1. The van der Waals surface area contributed by atoms with Crippen molar-refractivity contribution in [3.05, 3.63) is 77.0 Å². The van der Waals surface area contributed by atoms with Crippen molar-refractivity contribution < 1.29 is 13.9 Å². The van der Waals surface area contributed by atoms with Crippen LogP contribution in [0.3, 0.4) is 0 Å². The van der Waals surface area contributed by atoms with Gasteiger partial charge in [0.2, 0.25) is 0 Å². The van der Waals surface area contributed by atoms with Gasteiger partial charge < -0.3 is 9.15 Å². The second-order valence-corrected chi connectivity index (χ2v) is 6.96. The van der Waals surface area contributed by atoms with Crippen molar-refractivity contribution in [1.29, 1.82) is 5.26 Å². The Hall–Kier alpha value is -3.69. The van der Waals surface area contributed by atoms with Gasteiger partial charge in [-0.05, 0) is 36.4 Å². The standard InChI is InChI=1S/C22H14N2O3S/c1-26-22(25)15-6-4-5-14(11-15)19-10-9-17(27-19)12-16(13-23)21-24-18-7-2-3-8-20(18)28-21/h2-12H,1H3/b16-12-. The van der Waals surface area contributed by atoms with E-state index < -0.39 is 5.97 Å². The maximum Gasteiger partial charge on any atom is 0.337 e. The van der Waals surface area contributed by atoms with E-state index in [1.54, 1.807) is 36.4 Å². The Morgan fingerprint density at radius 2 is 2.04 bits per heavy atom. The molecule has 0 saturated carbocycles. The summed E-state index contributed by atoms with van der Waals surface area (Å²) in [5.41, 5.74) is 2.50. The fourth-order valence-electron chi connectivity index (χ4n) is 2.77. The van der Waals surface area contributed by atoms with Gasteiger partial charge in [-0.1, -0.05) is 24.3 Å². The largest absolute Gasteiger partial charge is 0.465 e. The lowest BCUT2D eigenvalue weighted by Gasteiger charge is -2.01. The minimum absolute atomic E-state index is 0.406. The van der Waals surface area contributed by atoms with Gasteiger partial charge in [0, 0.05) is 11.6 Å². The number of rotatable bonds is 4. The molecule has 2 aromatic carbocycles. The van der Waals surface area contributed by atoms with Gasteiger partial charge in [0.1, 0.15) is 22.6 Å². The molecule has 136 valence electrons. The highest BCUT2D eigenvalue weighted by atomic mass is 32.1. The molecule has 0 bridgehead atoms. The van der Waals surface area contributed by atoms with Gasteiger partial charge in [-0.3, -0.25) is 0 Å². The number of nitriles is 1. The van der Waals surface area contributed by atoms with Gasteiger partial charge in [0.15, 0.2) is 0 Å². The summed E-state index contributed by atoms with van der Waals surface area (Å²) in [6, 6.07) is 20.5. The molecule has 0 N–H and O–H groups in total. The van der Waals surface area contributed by atoms with Gasteiger partial charge in [0.25, 0.3) is 0 Å². The number of thiazole rings is 1. The van der Waals surface area contributed by atoms with Crippen LogP contribution in [0.2, 0.25) is 0 Å². The predicted molar refractivity (Wildman–Crippen MR) is 109 cm³/mol. The summed E-state index contributed by atoms with van der Waals surface area (Å²) >= 11 is 1.47. The fourth-order valence-corrected chi connectivity index (χ4v) is 3.71. The van der Waals surface area contributed by atoms with Crippen LogP contribution < -0.4 is 0 Å². The molecule has 0 amide bonds. The van der Waals surface area contributed by atoms with E-state index in [1.165, 1.54) is 18.4 Å². The number of benzene rings is 2.